The smallest absolute Gasteiger partial charge is 0.356 e. The second-order valence-electron chi connectivity index (χ2n) is 5.36. The normalized spacial score (nSPS) is 15.7. The van der Waals surface area contributed by atoms with Crippen LogP contribution in [0.25, 0.3) is 10.9 Å². The van der Waals surface area contributed by atoms with Gasteiger partial charge in [0.25, 0.3) is 0 Å². The largest absolute Gasteiger partial charge is 0.418 e. The van der Waals surface area contributed by atoms with Gasteiger partial charge in [0.15, 0.2) is 5.82 Å². The molecule has 1 aliphatic heterocycles. The second kappa shape index (κ2) is 6.27. The Morgan fingerprint density at radius 2 is 1.91 bits per heavy atom. The van der Waals surface area contributed by atoms with Crippen molar-refractivity contribution < 1.29 is 18.0 Å². The maximum Gasteiger partial charge on any atom is 0.418 e. The van der Waals surface area contributed by atoms with E-state index in [1.165, 1.54) is 6.07 Å². The van der Waals surface area contributed by atoms with Crippen molar-refractivity contribution in [2.24, 2.45) is 0 Å². The average molecular weight is 349 g/mol. The van der Waals surface area contributed by atoms with Crippen molar-refractivity contribution in [2.45, 2.75) is 13.1 Å². The Morgan fingerprint density at radius 3 is 2.48 bits per heavy atom. The van der Waals surface area contributed by atoms with E-state index in [2.05, 4.69) is 9.97 Å². The number of anilines is 1. The molecule has 1 N–H and O–H groups in total. The Labute approximate surface area is 136 Å². The van der Waals surface area contributed by atoms with Crippen LogP contribution in [-0.4, -0.2) is 47.5 Å². The van der Waals surface area contributed by atoms with Gasteiger partial charge >= 0.3 is 6.18 Å². The molecule has 1 aliphatic rings. The molecule has 0 saturated carbocycles. The van der Waals surface area contributed by atoms with Gasteiger partial charge in [-0.2, -0.15) is 13.2 Å². The fourth-order valence-corrected chi connectivity index (χ4v) is 2.74. The molecule has 0 aromatic carbocycles. The van der Waals surface area contributed by atoms with Gasteiger partial charge in [0.1, 0.15) is 0 Å². The molecule has 1 fully saturated rings. The summed E-state index contributed by atoms with van der Waals surface area (Å²) in [5.41, 5.74) is 0.315. The van der Waals surface area contributed by atoms with Gasteiger partial charge in [0.2, 0.25) is 6.41 Å². The van der Waals surface area contributed by atoms with Crippen molar-refractivity contribution in [1.82, 2.24) is 14.9 Å². The highest BCUT2D eigenvalue weighted by atomic mass is 35.5. The number of carbonyl (C=O) groups excluding carboxylic acids is 1. The van der Waals surface area contributed by atoms with Gasteiger partial charge in [0, 0.05) is 43.5 Å². The lowest BCUT2D eigenvalue weighted by molar-refractivity contribution is -0.136. The number of nitrogens with zero attached hydrogens (tertiary/aromatic N) is 3. The number of H-pyrrole nitrogens is 1. The van der Waals surface area contributed by atoms with Gasteiger partial charge in [-0.05, 0) is 13.0 Å². The summed E-state index contributed by atoms with van der Waals surface area (Å²) in [6.07, 6.45) is -2.77. The average Bonchev–Trinajstić information content (AvgIpc) is 2.86. The molecule has 126 valence electrons. The van der Waals surface area contributed by atoms with Crippen molar-refractivity contribution in [2.75, 3.05) is 31.1 Å². The Bertz CT molecular complexity index is 708. The van der Waals surface area contributed by atoms with E-state index in [-0.39, 0.29) is 17.8 Å². The zero-order valence-corrected chi connectivity index (χ0v) is 13.2. The number of aromatic amines is 1. The van der Waals surface area contributed by atoms with E-state index < -0.39 is 11.7 Å². The summed E-state index contributed by atoms with van der Waals surface area (Å²) in [4.78, 5) is 21.3. The number of rotatable bonds is 2. The number of fused-ring (bicyclic) bond motifs is 1. The van der Waals surface area contributed by atoms with Crippen LogP contribution in [0.3, 0.4) is 0 Å². The highest BCUT2D eigenvalue weighted by Gasteiger charge is 2.34. The molecule has 9 heteroatoms. The minimum Gasteiger partial charge on any atom is -0.356 e. The van der Waals surface area contributed by atoms with Crippen molar-refractivity contribution in [3.8, 4) is 0 Å². The van der Waals surface area contributed by atoms with Gasteiger partial charge in [0.05, 0.1) is 11.1 Å². The summed E-state index contributed by atoms with van der Waals surface area (Å²) in [5.74, 6) is 0.502. The van der Waals surface area contributed by atoms with Crippen molar-refractivity contribution in [3.63, 3.8) is 0 Å². The second-order valence-corrected chi connectivity index (χ2v) is 5.36. The first-order valence-electron chi connectivity index (χ1n) is 6.90. The van der Waals surface area contributed by atoms with Gasteiger partial charge in [-0.25, -0.2) is 4.98 Å². The molecule has 3 heterocycles. The molecular formula is C14H16ClF3N4O. The lowest BCUT2D eigenvalue weighted by Gasteiger charge is -2.33. The summed E-state index contributed by atoms with van der Waals surface area (Å²) in [6, 6.07) is 1.49. The number of alkyl halides is 3. The van der Waals surface area contributed by atoms with E-state index in [9.17, 15) is 18.0 Å². The summed E-state index contributed by atoms with van der Waals surface area (Å²) in [5, 5.41) is 0.132. The van der Waals surface area contributed by atoms with Crippen molar-refractivity contribution in [1.29, 1.82) is 0 Å². The molecular weight excluding hydrogens is 333 g/mol. The Hall–Kier alpha value is -1.96. The minimum atomic E-state index is -4.44. The monoisotopic (exact) mass is 348 g/mol. The first-order valence-corrected chi connectivity index (χ1v) is 6.90. The Balaban J connectivity index is 0.00000192. The van der Waals surface area contributed by atoms with E-state index in [1.54, 1.807) is 11.8 Å². The van der Waals surface area contributed by atoms with Gasteiger partial charge in [-0.1, -0.05) is 0 Å². The third-order valence-corrected chi connectivity index (χ3v) is 3.85. The number of aromatic nitrogens is 2. The van der Waals surface area contributed by atoms with Crippen LogP contribution in [0.15, 0.2) is 12.3 Å². The molecule has 0 unspecified atom stereocenters. The SMILES string of the molecule is Cc1cc2c(C(F)(F)F)cnc(N3CCN(C=O)CC3)c2[nH]1.Cl. The topological polar surface area (TPSA) is 52.2 Å². The summed E-state index contributed by atoms with van der Waals surface area (Å²) in [7, 11) is 0. The number of amides is 1. The number of hydrogen-bond acceptors (Lipinski definition) is 3. The predicted molar refractivity (Wildman–Crippen MR) is 82.9 cm³/mol. The lowest BCUT2D eigenvalue weighted by atomic mass is 10.1. The number of aryl methyl sites for hydroxylation is 1. The van der Waals surface area contributed by atoms with Gasteiger partial charge in [-0.15, -0.1) is 12.4 Å². The maximum absolute atomic E-state index is 13.1. The molecule has 23 heavy (non-hydrogen) atoms. The predicted octanol–water partition coefficient (Wildman–Crippen LogP) is 2.59. The standard InChI is InChI=1S/C14H15F3N4O.ClH/c1-9-6-10-11(14(15,16)17)7-18-13(12(10)19-9)21-4-2-20(8-22)3-5-21;/h6-8,19H,2-5H2,1H3;1H. The number of halogens is 4. The minimum absolute atomic E-state index is 0. The summed E-state index contributed by atoms with van der Waals surface area (Å²) in [6.45, 7) is 3.88. The van der Waals surface area contributed by atoms with Crippen LogP contribution >= 0.6 is 12.4 Å². The molecule has 0 atom stereocenters. The van der Waals surface area contributed by atoms with E-state index >= 15 is 0 Å². The Kier molecular flexibility index (Phi) is 4.74. The number of hydrogen-bond donors (Lipinski definition) is 1. The van der Waals surface area contributed by atoms with Crippen LogP contribution in [0, 0.1) is 6.92 Å². The molecule has 0 aliphatic carbocycles. The molecule has 0 bridgehead atoms. The molecule has 2 aromatic heterocycles. The van der Waals surface area contributed by atoms with Crippen molar-refractivity contribution >= 4 is 35.5 Å². The highest BCUT2D eigenvalue weighted by Crippen LogP contribution is 2.37. The first kappa shape index (κ1) is 17.4. The molecule has 0 radical (unpaired) electrons. The van der Waals surface area contributed by atoms with Crippen LogP contribution in [-0.2, 0) is 11.0 Å². The highest BCUT2D eigenvalue weighted by molar-refractivity contribution is 5.92. The molecule has 1 amide bonds. The quantitative estimate of drug-likeness (QED) is 0.849. The molecule has 2 aromatic rings. The fourth-order valence-electron chi connectivity index (χ4n) is 2.74. The zero-order valence-electron chi connectivity index (χ0n) is 12.4. The number of pyridine rings is 1. The van der Waals surface area contributed by atoms with E-state index in [1.807, 2.05) is 4.90 Å². The molecule has 5 nitrogen and oxygen atoms in total. The van der Waals surface area contributed by atoms with E-state index in [0.29, 0.717) is 43.2 Å². The van der Waals surface area contributed by atoms with Crippen LogP contribution < -0.4 is 4.90 Å². The van der Waals surface area contributed by atoms with Gasteiger partial charge in [-0.3, -0.25) is 4.79 Å². The van der Waals surface area contributed by atoms with E-state index in [0.717, 1.165) is 12.6 Å². The number of piperazine rings is 1. The summed E-state index contributed by atoms with van der Waals surface area (Å²) >= 11 is 0. The van der Waals surface area contributed by atoms with E-state index in [4.69, 9.17) is 0 Å². The number of nitrogens with one attached hydrogen (secondary N) is 1. The van der Waals surface area contributed by atoms with Gasteiger partial charge < -0.3 is 14.8 Å². The maximum atomic E-state index is 13.1. The first-order chi connectivity index (χ1) is 10.4. The van der Waals surface area contributed by atoms with Crippen LogP contribution in [0.5, 0.6) is 0 Å². The molecule has 1 saturated heterocycles. The Morgan fingerprint density at radius 1 is 1.26 bits per heavy atom. The summed E-state index contributed by atoms with van der Waals surface area (Å²) < 4.78 is 39.3. The zero-order chi connectivity index (χ0) is 15.9. The third kappa shape index (κ3) is 3.21. The molecule has 0 spiro atoms. The lowest BCUT2D eigenvalue weighted by Crippen LogP contribution is -2.46. The molecule has 3 rings (SSSR count). The number of carbonyl (C=O) groups is 1. The van der Waals surface area contributed by atoms with Crippen LogP contribution in [0.2, 0.25) is 0 Å². The van der Waals surface area contributed by atoms with Crippen LogP contribution in [0.1, 0.15) is 11.3 Å². The fraction of sp³-hybridized carbons (Fsp3) is 0.429. The van der Waals surface area contributed by atoms with Crippen molar-refractivity contribution in [3.05, 3.63) is 23.5 Å². The van der Waals surface area contributed by atoms with Crippen LogP contribution in [0.4, 0.5) is 19.0 Å². The third-order valence-electron chi connectivity index (χ3n) is 3.85.